The van der Waals surface area contributed by atoms with E-state index in [1.807, 2.05) is 24.3 Å². The standard InChI is InChI=1S/C15H23N3OS/c1-3-18-10-8-13(9-11-18)17-15(20)16-12-4-6-14(19-2)7-5-12/h4-7,13H,3,8-11H2,1-2H3,(H2,16,17,20)/p+1. The fourth-order valence-electron chi connectivity index (χ4n) is 2.55. The number of thiocarbonyl (C=S) groups is 1. The Labute approximate surface area is 126 Å². The second kappa shape index (κ2) is 7.45. The molecular formula is C15H24N3OS+. The van der Waals surface area contributed by atoms with Crippen molar-refractivity contribution >= 4 is 23.0 Å². The van der Waals surface area contributed by atoms with Crippen LogP contribution in [-0.2, 0) is 0 Å². The van der Waals surface area contributed by atoms with Crippen molar-refractivity contribution in [3.8, 4) is 5.75 Å². The topological polar surface area (TPSA) is 37.7 Å². The molecule has 0 atom stereocenters. The minimum Gasteiger partial charge on any atom is -0.497 e. The molecule has 0 amide bonds. The van der Waals surface area contributed by atoms with Gasteiger partial charge in [0.25, 0.3) is 0 Å². The van der Waals surface area contributed by atoms with Crippen LogP contribution in [0, 0.1) is 0 Å². The molecule has 0 radical (unpaired) electrons. The molecule has 110 valence electrons. The van der Waals surface area contributed by atoms with Gasteiger partial charge in [0.1, 0.15) is 5.75 Å². The third kappa shape index (κ3) is 4.35. The highest BCUT2D eigenvalue weighted by molar-refractivity contribution is 7.80. The van der Waals surface area contributed by atoms with Crippen molar-refractivity contribution in [1.82, 2.24) is 5.32 Å². The van der Waals surface area contributed by atoms with Crippen molar-refractivity contribution < 1.29 is 9.64 Å². The number of ether oxygens (including phenoxy) is 1. The van der Waals surface area contributed by atoms with Gasteiger partial charge in [0.05, 0.1) is 26.7 Å². The van der Waals surface area contributed by atoms with E-state index in [1.165, 1.54) is 32.5 Å². The first-order valence-corrected chi connectivity index (χ1v) is 7.67. The average molecular weight is 294 g/mol. The highest BCUT2D eigenvalue weighted by Crippen LogP contribution is 2.15. The maximum atomic E-state index is 5.38. The smallest absolute Gasteiger partial charge is 0.171 e. The molecule has 0 unspecified atom stereocenters. The fraction of sp³-hybridized carbons (Fsp3) is 0.533. The van der Waals surface area contributed by atoms with Crippen LogP contribution in [0.3, 0.4) is 0 Å². The van der Waals surface area contributed by atoms with Gasteiger partial charge in [-0.25, -0.2) is 0 Å². The van der Waals surface area contributed by atoms with Gasteiger partial charge in [-0.2, -0.15) is 0 Å². The van der Waals surface area contributed by atoms with Crippen LogP contribution in [0.2, 0.25) is 0 Å². The lowest BCUT2D eigenvalue weighted by Crippen LogP contribution is -3.13. The van der Waals surface area contributed by atoms with Crippen LogP contribution in [0.15, 0.2) is 24.3 Å². The zero-order valence-corrected chi connectivity index (χ0v) is 13.1. The van der Waals surface area contributed by atoms with E-state index in [1.54, 1.807) is 12.0 Å². The Bertz CT molecular complexity index is 427. The lowest BCUT2D eigenvalue weighted by molar-refractivity contribution is -0.903. The number of methoxy groups -OCH3 is 1. The Morgan fingerprint density at radius 1 is 1.30 bits per heavy atom. The van der Waals surface area contributed by atoms with Gasteiger partial charge in [0.15, 0.2) is 5.11 Å². The number of likely N-dealkylation sites (tertiary alicyclic amines) is 1. The largest absolute Gasteiger partial charge is 0.497 e. The van der Waals surface area contributed by atoms with E-state index in [4.69, 9.17) is 17.0 Å². The van der Waals surface area contributed by atoms with Gasteiger partial charge >= 0.3 is 0 Å². The number of hydrogen-bond acceptors (Lipinski definition) is 2. The quantitative estimate of drug-likeness (QED) is 0.726. The van der Waals surface area contributed by atoms with Gasteiger partial charge in [-0.15, -0.1) is 0 Å². The minimum absolute atomic E-state index is 0.503. The molecule has 0 aliphatic carbocycles. The SMILES string of the molecule is CC[NH+]1CCC(NC(=S)Nc2ccc(OC)cc2)CC1. The van der Waals surface area contributed by atoms with Gasteiger partial charge in [-0.3, -0.25) is 0 Å². The zero-order chi connectivity index (χ0) is 14.4. The van der Waals surface area contributed by atoms with E-state index in [-0.39, 0.29) is 0 Å². The molecule has 20 heavy (non-hydrogen) atoms. The monoisotopic (exact) mass is 294 g/mol. The number of anilines is 1. The molecule has 5 heteroatoms. The van der Waals surface area contributed by atoms with Gasteiger partial charge in [-0.1, -0.05) is 0 Å². The van der Waals surface area contributed by atoms with Crippen LogP contribution in [0.4, 0.5) is 5.69 Å². The minimum atomic E-state index is 0.503. The summed E-state index contributed by atoms with van der Waals surface area (Å²) in [5.74, 6) is 0.851. The summed E-state index contributed by atoms with van der Waals surface area (Å²) in [5, 5.41) is 7.35. The van der Waals surface area contributed by atoms with Crippen LogP contribution >= 0.6 is 12.2 Å². The molecule has 1 aliphatic rings. The first-order valence-electron chi connectivity index (χ1n) is 7.26. The summed E-state index contributed by atoms with van der Waals surface area (Å²) in [6.45, 7) is 5.94. The lowest BCUT2D eigenvalue weighted by Gasteiger charge is -2.29. The Morgan fingerprint density at radius 3 is 2.50 bits per heavy atom. The van der Waals surface area contributed by atoms with Crippen molar-refractivity contribution in [2.45, 2.75) is 25.8 Å². The fourth-order valence-corrected chi connectivity index (χ4v) is 2.84. The summed E-state index contributed by atoms with van der Waals surface area (Å²) >= 11 is 5.38. The molecule has 0 bridgehead atoms. The van der Waals surface area contributed by atoms with Crippen molar-refractivity contribution in [2.24, 2.45) is 0 Å². The number of quaternary nitrogens is 1. The van der Waals surface area contributed by atoms with Crippen LogP contribution in [-0.4, -0.2) is 37.9 Å². The molecule has 1 fully saturated rings. The van der Waals surface area contributed by atoms with Gasteiger partial charge in [0, 0.05) is 24.6 Å². The molecule has 0 saturated carbocycles. The Balaban J connectivity index is 1.77. The molecule has 2 rings (SSSR count). The highest BCUT2D eigenvalue weighted by Gasteiger charge is 2.21. The molecule has 1 aromatic rings. The maximum absolute atomic E-state index is 5.38. The third-order valence-electron chi connectivity index (χ3n) is 3.88. The number of nitrogens with one attached hydrogen (secondary N) is 3. The van der Waals surface area contributed by atoms with Crippen LogP contribution in [0.5, 0.6) is 5.75 Å². The summed E-state index contributed by atoms with van der Waals surface area (Å²) in [6.07, 6.45) is 2.38. The van der Waals surface area contributed by atoms with Crippen molar-refractivity contribution in [1.29, 1.82) is 0 Å². The molecule has 1 aliphatic heterocycles. The summed E-state index contributed by atoms with van der Waals surface area (Å²) in [4.78, 5) is 1.69. The molecule has 4 nitrogen and oxygen atoms in total. The maximum Gasteiger partial charge on any atom is 0.171 e. The molecule has 1 aromatic carbocycles. The molecule has 1 heterocycles. The zero-order valence-electron chi connectivity index (χ0n) is 12.2. The van der Waals surface area contributed by atoms with Crippen molar-refractivity contribution in [3.63, 3.8) is 0 Å². The van der Waals surface area contributed by atoms with Crippen LogP contribution in [0.25, 0.3) is 0 Å². The molecular weight excluding hydrogens is 270 g/mol. The second-order valence-corrected chi connectivity index (χ2v) is 5.61. The van der Waals surface area contributed by atoms with Gasteiger partial charge < -0.3 is 20.3 Å². The third-order valence-corrected chi connectivity index (χ3v) is 4.10. The van der Waals surface area contributed by atoms with Crippen LogP contribution in [0.1, 0.15) is 19.8 Å². The molecule has 0 spiro atoms. The van der Waals surface area contributed by atoms with E-state index < -0.39 is 0 Å². The number of rotatable bonds is 4. The van der Waals surface area contributed by atoms with Crippen molar-refractivity contribution in [3.05, 3.63) is 24.3 Å². The summed E-state index contributed by atoms with van der Waals surface area (Å²) in [6, 6.07) is 8.29. The lowest BCUT2D eigenvalue weighted by atomic mass is 10.1. The van der Waals surface area contributed by atoms with Gasteiger partial charge in [-0.05, 0) is 43.4 Å². The first-order chi connectivity index (χ1) is 9.71. The Kier molecular flexibility index (Phi) is 5.61. The predicted molar refractivity (Wildman–Crippen MR) is 86.6 cm³/mol. The van der Waals surface area contributed by atoms with Gasteiger partial charge in [0.2, 0.25) is 0 Å². The van der Waals surface area contributed by atoms with Crippen molar-refractivity contribution in [2.75, 3.05) is 32.1 Å². The summed E-state index contributed by atoms with van der Waals surface area (Å²) in [7, 11) is 1.67. The summed E-state index contributed by atoms with van der Waals surface area (Å²) in [5.41, 5.74) is 0.986. The predicted octanol–water partition coefficient (Wildman–Crippen LogP) is 1.05. The second-order valence-electron chi connectivity index (χ2n) is 5.20. The molecule has 0 aromatic heterocycles. The first kappa shape index (κ1) is 15.1. The van der Waals surface area contributed by atoms with Crippen LogP contribution < -0.4 is 20.3 Å². The van der Waals surface area contributed by atoms with E-state index >= 15 is 0 Å². The summed E-state index contributed by atoms with van der Waals surface area (Å²) < 4.78 is 5.14. The van der Waals surface area contributed by atoms with E-state index in [0.717, 1.165) is 11.4 Å². The average Bonchev–Trinajstić information content (AvgIpc) is 2.49. The van der Waals surface area contributed by atoms with E-state index in [9.17, 15) is 0 Å². The Morgan fingerprint density at radius 2 is 1.95 bits per heavy atom. The normalized spacial score (nSPS) is 22.1. The Hall–Kier alpha value is -1.33. The number of hydrogen-bond donors (Lipinski definition) is 3. The molecule has 3 N–H and O–H groups in total. The molecule has 1 saturated heterocycles. The number of benzene rings is 1. The number of piperidine rings is 1. The highest BCUT2D eigenvalue weighted by atomic mass is 32.1. The van der Waals surface area contributed by atoms with E-state index in [0.29, 0.717) is 11.2 Å². The van der Waals surface area contributed by atoms with E-state index in [2.05, 4.69) is 17.6 Å².